The molecule has 0 nitrogen and oxygen atoms in total. The third kappa shape index (κ3) is 5.17. The zero-order chi connectivity index (χ0) is 20.8. The molecule has 0 aliphatic heterocycles. The summed E-state index contributed by atoms with van der Waals surface area (Å²) in [5.41, 5.74) is 2.27. The number of benzene rings is 3. The first-order valence-electron chi connectivity index (χ1n) is 9.87. The number of fused-ring (bicyclic) bond motifs is 1. The Balaban J connectivity index is 1.74. The molecule has 0 bridgehead atoms. The van der Waals surface area contributed by atoms with Crippen molar-refractivity contribution in [2.45, 2.75) is 45.4 Å². The van der Waals surface area contributed by atoms with E-state index in [1.54, 1.807) is 0 Å². The number of hydrogen-bond donors (Lipinski definition) is 0. The van der Waals surface area contributed by atoms with E-state index < -0.39 is 28.7 Å². The van der Waals surface area contributed by atoms with Crippen LogP contribution in [-0.2, 0) is 6.42 Å². The smallest absolute Gasteiger partial charge is 0.195 e. The van der Waals surface area contributed by atoms with Gasteiger partial charge >= 0.3 is 0 Å². The molecule has 0 saturated carbocycles. The van der Waals surface area contributed by atoms with Gasteiger partial charge in [-0.1, -0.05) is 56.6 Å². The van der Waals surface area contributed by atoms with Crippen molar-refractivity contribution in [1.29, 1.82) is 0 Å². The topological polar surface area (TPSA) is 0 Å². The van der Waals surface area contributed by atoms with Gasteiger partial charge in [0.15, 0.2) is 17.5 Å². The van der Waals surface area contributed by atoms with Crippen molar-refractivity contribution in [3.05, 3.63) is 82.4 Å². The molecular formula is C25H22F4. The normalized spacial score (nSPS) is 10.8. The fourth-order valence-electron chi connectivity index (χ4n) is 3.29. The summed E-state index contributed by atoms with van der Waals surface area (Å²) in [4.78, 5) is 0. The Morgan fingerprint density at radius 2 is 1.38 bits per heavy atom. The molecule has 0 fully saturated rings. The second-order valence-corrected chi connectivity index (χ2v) is 7.15. The van der Waals surface area contributed by atoms with Gasteiger partial charge in [-0.2, -0.15) is 0 Å². The van der Waals surface area contributed by atoms with Crippen LogP contribution in [0.25, 0.3) is 10.8 Å². The lowest BCUT2D eigenvalue weighted by Crippen LogP contribution is -1.95. The van der Waals surface area contributed by atoms with E-state index in [1.165, 1.54) is 37.3 Å². The predicted molar refractivity (Wildman–Crippen MR) is 109 cm³/mol. The second kappa shape index (κ2) is 9.60. The summed E-state index contributed by atoms with van der Waals surface area (Å²) >= 11 is 0. The maximum Gasteiger partial charge on any atom is 0.195 e. The molecule has 150 valence electrons. The zero-order valence-corrected chi connectivity index (χ0v) is 16.3. The summed E-state index contributed by atoms with van der Waals surface area (Å²) in [6.07, 6.45) is 7.19. The van der Waals surface area contributed by atoms with Gasteiger partial charge in [0, 0.05) is 11.1 Å². The van der Waals surface area contributed by atoms with Crippen LogP contribution in [0.3, 0.4) is 0 Å². The van der Waals surface area contributed by atoms with Crippen molar-refractivity contribution in [3.63, 3.8) is 0 Å². The first kappa shape index (κ1) is 20.9. The summed E-state index contributed by atoms with van der Waals surface area (Å²) < 4.78 is 54.8. The molecule has 3 aromatic rings. The zero-order valence-electron chi connectivity index (χ0n) is 16.3. The molecule has 0 unspecified atom stereocenters. The molecule has 0 saturated heterocycles. The van der Waals surface area contributed by atoms with E-state index in [4.69, 9.17) is 0 Å². The standard InChI is InChI=1S/C25H22F4/c1-2-3-4-5-6-7-17-8-10-18(11-9-17)12-13-19-14-20-16-22(27)24(28)25(29)23(20)21(26)15-19/h8-11,14-16H,2-7H2,1H3. The third-order valence-corrected chi connectivity index (χ3v) is 4.90. The summed E-state index contributed by atoms with van der Waals surface area (Å²) in [5, 5.41) is -0.637. The van der Waals surface area contributed by atoms with Crippen LogP contribution in [0.1, 0.15) is 55.7 Å². The fourth-order valence-corrected chi connectivity index (χ4v) is 3.29. The van der Waals surface area contributed by atoms with Crippen LogP contribution < -0.4 is 0 Å². The van der Waals surface area contributed by atoms with Crippen molar-refractivity contribution in [2.24, 2.45) is 0 Å². The molecule has 0 heterocycles. The molecule has 0 atom stereocenters. The van der Waals surface area contributed by atoms with Crippen molar-refractivity contribution in [3.8, 4) is 11.8 Å². The van der Waals surface area contributed by atoms with E-state index in [0.717, 1.165) is 30.5 Å². The van der Waals surface area contributed by atoms with Crippen LogP contribution in [-0.4, -0.2) is 0 Å². The molecule has 0 aliphatic carbocycles. The van der Waals surface area contributed by atoms with Gasteiger partial charge in [0.05, 0.1) is 5.39 Å². The molecule has 4 heteroatoms. The van der Waals surface area contributed by atoms with Crippen molar-refractivity contribution >= 4 is 10.8 Å². The number of hydrogen-bond acceptors (Lipinski definition) is 0. The molecule has 0 amide bonds. The predicted octanol–water partition coefficient (Wildman–Crippen LogP) is 7.31. The van der Waals surface area contributed by atoms with E-state index >= 15 is 0 Å². The molecule has 3 rings (SSSR count). The maximum absolute atomic E-state index is 14.2. The molecular weight excluding hydrogens is 376 g/mol. The molecule has 0 radical (unpaired) electrons. The van der Waals surface area contributed by atoms with E-state index in [9.17, 15) is 17.6 Å². The van der Waals surface area contributed by atoms with Gasteiger partial charge in [-0.05, 0) is 54.1 Å². The minimum Gasteiger partial charge on any atom is -0.206 e. The van der Waals surface area contributed by atoms with Crippen LogP contribution in [0.15, 0.2) is 42.5 Å². The highest BCUT2D eigenvalue weighted by molar-refractivity contribution is 5.85. The van der Waals surface area contributed by atoms with Gasteiger partial charge < -0.3 is 0 Å². The number of rotatable bonds is 6. The molecule has 0 aliphatic rings. The molecule has 0 N–H and O–H groups in total. The van der Waals surface area contributed by atoms with Gasteiger partial charge in [0.1, 0.15) is 5.82 Å². The average molecular weight is 398 g/mol. The summed E-state index contributed by atoms with van der Waals surface area (Å²) in [7, 11) is 0. The Bertz CT molecular complexity index is 1060. The largest absolute Gasteiger partial charge is 0.206 e. The lowest BCUT2D eigenvalue weighted by molar-refractivity contribution is 0.451. The van der Waals surface area contributed by atoms with Crippen molar-refractivity contribution in [1.82, 2.24) is 0 Å². The lowest BCUT2D eigenvalue weighted by atomic mass is 10.0. The molecule has 3 aromatic carbocycles. The minimum atomic E-state index is -1.68. The SMILES string of the molecule is CCCCCCCc1ccc(C#Cc2cc(F)c3c(F)c(F)c(F)cc3c2)cc1. The Kier molecular flexibility index (Phi) is 6.93. The number of aryl methyl sites for hydroxylation is 1. The Morgan fingerprint density at radius 3 is 2.10 bits per heavy atom. The van der Waals surface area contributed by atoms with Gasteiger partial charge in [0.25, 0.3) is 0 Å². The van der Waals surface area contributed by atoms with Crippen LogP contribution in [0.5, 0.6) is 0 Å². The minimum absolute atomic E-state index is 0.0656. The van der Waals surface area contributed by atoms with Crippen LogP contribution in [0.4, 0.5) is 17.6 Å². The molecule has 0 spiro atoms. The summed E-state index contributed by atoms with van der Waals surface area (Å²) in [6, 6.07) is 11.0. The van der Waals surface area contributed by atoms with Gasteiger partial charge in [-0.25, -0.2) is 17.6 Å². The van der Waals surface area contributed by atoms with Gasteiger partial charge in [-0.3, -0.25) is 0 Å². The second-order valence-electron chi connectivity index (χ2n) is 7.15. The highest BCUT2D eigenvalue weighted by atomic mass is 19.2. The highest BCUT2D eigenvalue weighted by Gasteiger charge is 2.17. The quantitative estimate of drug-likeness (QED) is 0.177. The first-order valence-corrected chi connectivity index (χ1v) is 9.87. The van der Waals surface area contributed by atoms with Crippen molar-refractivity contribution in [2.75, 3.05) is 0 Å². The monoisotopic (exact) mass is 398 g/mol. The Hall–Kier alpha value is -2.80. The Morgan fingerprint density at radius 1 is 0.690 bits per heavy atom. The van der Waals surface area contributed by atoms with Gasteiger partial charge in [0.2, 0.25) is 0 Å². The molecule has 29 heavy (non-hydrogen) atoms. The number of halogens is 4. The Labute approximate surface area is 168 Å². The average Bonchev–Trinajstić information content (AvgIpc) is 2.71. The van der Waals surface area contributed by atoms with E-state index in [0.29, 0.717) is 0 Å². The third-order valence-electron chi connectivity index (χ3n) is 4.90. The maximum atomic E-state index is 14.2. The molecule has 0 aromatic heterocycles. The van der Waals surface area contributed by atoms with Crippen molar-refractivity contribution < 1.29 is 17.6 Å². The van der Waals surface area contributed by atoms with Gasteiger partial charge in [-0.15, -0.1) is 0 Å². The van der Waals surface area contributed by atoms with Crippen LogP contribution in [0, 0.1) is 35.1 Å². The summed E-state index contributed by atoms with van der Waals surface area (Å²) in [6.45, 7) is 2.20. The lowest BCUT2D eigenvalue weighted by Gasteiger charge is -2.04. The number of unbranched alkanes of at least 4 members (excludes halogenated alkanes) is 4. The summed E-state index contributed by atoms with van der Waals surface area (Å²) in [5.74, 6) is 0.198. The van der Waals surface area contributed by atoms with Crippen LogP contribution in [0.2, 0.25) is 0 Å². The highest BCUT2D eigenvalue weighted by Crippen LogP contribution is 2.26. The fraction of sp³-hybridized carbons (Fsp3) is 0.280. The van der Waals surface area contributed by atoms with E-state index in [2.05, 4.69) is 18.8 Å². The van der Waals surface area contributed by atoms with E-state index in [1.807, 2.05) is 24.3 Å². The van der Waals surface area contributed by atoms with E-state index in [-0.39, 0.29) is 10.9 Å². The van der Waals surface area contributed by atoms with Crippen LogP contribution >= 0.6 is 0 Å². The first-order chi connectivity index (χ1) is 14.0.